The number of aliphatic hydroxyl groups excluding tert-OH is 1. The van der Waals surface area contributed by atoms with E-state index in [2.05, 4.69) is 10.6 Å². The highest BCUT2D eigenvalue weighted by Crippen LogP contribution is 2.16. The highest BCUT2D eigenvalue weighted by molar-refractivity contribution is 5.82. The Kier molecular flexibility index (Phi) is 6.49. The summed E-state index contributed by atoms with van der Waals surface area (Å²) in [7, 11) is 0. The number of amides is 2. The molecule has 104 valence electrons. The summed E-state index contributed by atoms with van der Waals surface area (Å²) in [5, 5.41) is 22.8. The van der Waals surface area contributed by atoms with Crippen molar-refractivity contribution in [3.8, 4) is 0 Å². The fourth-order valence-corrected chi connectivity index (χ4v) is 2.20. The van der Waals surface area contributed by atoms with Gasteiger partial charge in [-0.1, -0.05) is 25.7 Å². The van der Waals surface area contributed by atoms with Gasteiger partial charge in [0.15, 0.2) is 0 Å². The largest absolute Gasteiger partial charge is 0.480 e. The van der Waals surface area contributed by atoms with Gasteiger partial charge in [0.2, 0.25) is 0 Å². The van der Waals surface area contributed by atoms with Gasteiger partial charge in [-0.3, -0.25) is 0 Å². The number of aliphatic hydroxyl groups is 1. The zero-order valence-electron chi connectivity index (χ0n) is 10.5. The number of carbonyl (C=O) groups is 2. The minimum atomic E-state index is -1.12. The molecule has 0 aromatic carbocycles. The number of rotatable bonds is 5. The monoisotopic (exact) mass is 258 g/mol. The molecule has 1 fully saturated rings. The smallest absolute Gasteiger partial charge is 0.326 e. The molecule has 1 saturated carbocycles. The fourth-order valence-electron chi connectivity index (χ4n) is 2.20. The van der Waals surface area contributed by atoms with Gasteiger partial charge in [0, 0.05) is 19.1 Å². The van der Waals surface area contributed by atoms with Gasteiger partial charge in [-0.05, 0) is 12.8 Å². The van der Waals surface area contributed by atoms with Crippen LogP contribution < -0.4 is 10.6 Å². The number of hydrogen-bond donors (Lipinski definition) is 4. The fraction of sp³-hybridized carbons (Fsp3) is 0.833. The van der Waals surface area contributed by atoms with Gasteiger partial charge < -0.3 is 20.8 Å². The lowest BCUT2D eigenvalue weighted by atomic mass is 10.1. The molecule has 1 atom stereocenters. The third kappa shape index (κ3) is 5.35. The Bertz CT molecular complexity index is 275. The molecule has 1 rings (SSSR count). The van der Waals surface area contributed by atoms with Gasteiger partial charge in [0.1, 0.15) is 6.04 Å². The van der Waals surface area contributed by atoms with E-state index in [1.165, 1.54) is 12.8 Å². The van der Waals surface area contributed by atoms with Crippen molar-refractivity contribution in [2.24, 2.45) is 0 Å². The molecule has 1 aliphatic rings. The van der Waals surface area contributed by atoms with Crippen LogP contribution in [0.1, 0.15) is 44.9 Å². The van der Waals surface area contributed by atoms with Crippen LogP contribution in [0.4, 0.5) is 4.79 Å². The van der Waals surface area contributed by atoms with Crippen molar-refractivity contribution < 1.29 is 19.8 Å². The number of carbonyl (C=O) groups excluding carboxylic acids is 1. The van der Waals surface area contributed by atoms with Crippen LogP contribution in [0.15, 0.2) is 0 Å². The third-order valence-electron chi connectivity index (χ3n) is 3.21. The van der Waals surface area contributed by atoms with Gasteiger partial charge in [-0.25, -0.2) is 9.59 Å². The topological polar surface area (TPSA) is 98.7 Å². The first kappa shape index (κ1) is 14.8. The summed E-state index contributed by atoms with van der Waals surface area (Å²) >= 11 is 0. The Morgan fingerprint density at radius 3 is 2.28 bits per heavy atom. The standard InChI is InChI=1S/C12H22N2O4/c15-8-7-10(11(16)17)14-12(18)13-9-5-3-1-2-4-6-9/h9-10,15H,1-8H2,(H,16,17)(H2,13,14,18). The summed E-state index contributed by atoms with van der Waals surface area (Å²) in [6, 6.07) is -1.35. The second-order valence-electron chi connectivity index (χ2n) is 4.71. The molecule has 1 unspecified atom stereocenters. The van der Waals surface area contributed by atoms with Crippen molar-refractivity contribution >= 4 is 12.0 Å². The van der Waals surface area contributed by atoms with Crippen molar-refractivity contribution in [1.29, 1.82) is 0 Å². The van der Waals surface area contributed by atoms with E-state index in [0.717, 1.165) is 25.7 Å². The van der Waals surface area contributed by atoms with Crippen molar-refractivity contribution in [3.05, 3.63) is 0 Å². The molecular weight excluding hydrogens is 236 g/mol. The number of urea groups is 1. The van der Waals surface area contributed by atoms with Crippen LogP contribution in [0.2, 0.25) is 0 Å². The molecular formula is C12H22N2O4. The molecule has 6 nitrogen and oxygen atoms in total. The lowest BCUT2D eigenvalue weighted by molar-refractivity contribution is -0.139. The van der Waals surface area contributed by atoms with Crippen LogP contribution in [0.5, 0.6) is 0 Å². The molecule has 4 N–H and O–H groups in total. The van der Waals surface area contributed by atoms with E-state index < -0.39 is 18.0 Å². The predicted molar refractivity (Wildman–Crippen MR) is 66.3 cm³/mol. The van der Waals surface area contributed by atoms with E-state index in [-0.39, 0.29) is 19.1 Å². The molecule has 0 radical (unpaired) electrons. The lowest BCUT2D eigenvalue weighted by Crippen LogP contribution is -2.49. The number of carboxylic acids is 1. The van der Waals surface area contributed by atoms with E-state index in [9.17, 15) is 9.59 Å². The Labute approximate surface area is 107 Å². The lowest BCUT2D eigenvalue weighted by Gasteiger charge is -2.19. The summed E-state index contributed by atoms with van der Waals surface area (Å²) < 4.78 is 0. The molecule has 0 bridgehead atoms. The second kappa shape index (κ2) is 7.92. The van der Waals surface area contributed by atoms with Crippen LogP contribution >= 0.6 is 0 Å². The number of nitrogens with one attached hydrogen (secondary N) is 2. The first-order valence-corrected chi connectivity index (χ1v) is 6.54. The Morgan fingerprint density at radius 1 is 1.17 bits per heavy atom. The number of hydrogen-bond acceptors (Lipinski definition) is 3. The van der Waals surface area contributed by atoms with Crippen LogP contribution in [0, 0.1) is 0 Å². The van der Waals surface area contributed by atoms with E-state index in [1.54, 1.807) is 0 Å². The summed E-state index contributed by atoms with van der Waals surface area (Å²) in [5.41, 5.74) is 0. The van der Waals surface area contributed by atoms with Crippen molar-refractivity contribution in [3.63, 3.8) is 0 Å². The maximum Gasteiger partial charge on any atom is 0.326 e. The normalized spacial score (nSPS) is 18.7. The first-order chi connectivity index (χ1) is 8.63. The number of carboxylic acid groups (broad SMARTS) is 1. The zero-order chi connectivity index (χ0) is 13.4. The molecule has 0 aliphatic heterocycles. The summed E-state index contributed by atoms with van der Waals surface area (Å²) in [6.07, 6.45) is 6.52. The van der Waals surface area contributed by atoms with Crippen LogP contribution in [0.3, 0.4) is 0 Å². The molecule has 0 saturated heterocycles. The highest BCUT2D eigenvalue weighted by Gasteiger charge is 2.21. The molecule has 0 heterocycles. The van der Waals surface area contributed by atoms with Gasteiger partial charge in [-0.15, -0.1) is 0 Å². The Balaban J connectivity index is 2.36. The quantitative estimate of drug-likeness (QED) is 0.549. The van der Waals surface area contributed by atoms with Gasteiger partial charge in [0.05, 0.1) is 0 Å². The SMILES string of the molecule is O=C(NC1CCCCCC1)NC(CCO)C(=O)O. The van der Waals surface area contributed by atoms with E-state index in [1.807, 2.05) is 0 Å². The zero-order valence-corrected chi connectivity index (χ0v) is 10.5. The van der Waals surface area contributed by atoms with Crippen LogP contribution in [0.25, 0.3) is 0 Å². The van der Waals surface area contributed by atoms with Crippen molar-refractivity contribution in [1.82, 2.24) is 10.6 Å². The average molecular weight is 258 g/mol. The molecule has 0 spiro atoms. The summed E-state index contributed by atoms with van der Waals surface area (Å²) in [5.74, 6) is -1.12. The molecule has 0 aromatic rings. The Hall–Kier alpha value is -1.30. The minimum Gasteiger partial charge on any atom is -0.480 e. The molecule has 0 aromatic heterocycles. The molecule has 6 heteroatoms. The highest BCUT2D eigenvalue weighted by atomic mass is 16.4. The summed E-state index contributed by atoms with van der Waals surface area (Å²) in [6.45, 7) is -0.263. The average Bonchev–Trinajstić information content (AvgIpc) is 2.57. The molecule has 1 aliphatic carbocycles. The second-order valence-corrected chi connectivity index (χ2v) is 4.71. The van der Waals surface area contributed by atoms with Crippen molar-refractivity contribution in [2.45, 2.75) is 57.0 Å². The van der Waals surface area contributed by atoms with Crippen molar-refractivity contribution in [2.75, 3.05) is 6.61 Å². The van der Waals surface area contributed by atoms with E-state index in [4.69, 9.17) is 10.2 Å². The summed E-state index contributed by atoms with van der Waals surface area (Å²) in [4.78, 5) is 22.5. The maximum absolute atomic E-state index is 11.6. The van der Waals surface area contributed by atoms with Crippen LogP contribution in [-0.4, -0.2) is 40.9 Å². The molecule has 2 amide bonds. The first-order valence-electron chi connectivity index (χ1n) is 6.54. The van der Waals surface area contributed by atoms with Gasteiger partial charge in [0.25, 0.3) is 0 Å². The van der Waals surface area contributed by atoms with E-state index >= 15 is 0 Å². The van der Waals surface area contributed by atoms with E-state index in [0.29, 0.717) is 0 Å². The van der Waals surface area contributed by atoms with Gasteiger partial charge in [-0.2, -0.15) is 0 Å². The van der Waals surface area contributed by atoms with Gasteiger partial charge >= 0.3 is 12.0 Å². The third-order valence-corrected chi connectivity index (χ3v) is 3.21. The number of aliphatic carboxylic acids is 1. The molecule has 18 heavy (non-hydrogen) atoms. The maximum atomic E-state index is 11.6. The predicted octanol–water partition coefficient (Wildman–Crippen LogP) is 0.844. The Morgan fingerprint density at radius 2 is 1.78 bits per heavy atom. The minimum absolute atomic E-state index is 0.0213. The van der Waals surface area contributed by atoms with Crippen LogP contribution in [-0.2, 0) is 4.79 Å².